The smallest absolute Gasteiger partial charge is 0.0440 e. The zero-order chi connectivity index (χ0) is 8.89. The summed E-state index contributed by atoms with van der Waals surface area (Å²) in [6.45, 7) is 3.69. The summed E-state index contributed by atoms with van der Waals surface area (Å²) in [5.74, 6) is 1.96. The first kappa shape index (κ1) is 8.25. The molecule has 0 unspecified atom stereocenters. The lowest BCUT2D eigenvalue weighted by molar-refractivity contribution is 0.0526. The van der Waals surface area contributed by atoms with Gasteiger partial charge in [-0.1, -0.05) is 12.8 Å². The summed E-state index contributed by atoms with van der Waals surface area (Å²) in [4.78, 5) is 2.55. The Morgan fingerprint density at radius 3 is 2.38 bits per heavy atom. The van der Waals surface area contributed by atoms with E-state index < -0.39 is 0 Å². The molecule has 1 saturated heterocycles. The molecule has 3 aliphatic rings. The van der Waals surface area contributed by atoms with Gasteiger partial charge in [0, 0.05) is 18.6 Å². The molecule has 2 N–H and O–H groups in total. The Balaban J connectivity index is 1.40. The standard InChI is InChI=1S/C11H20N2/c12-11(10-3-4-10)7-13(8-11)6-5-9-1-2-9/h9-10H,1-8,12H2. The second-order valence-corrected chi connectivity index (χ2v) is 5.45. The van der Waals surface area contributed by atoms with Crippen LogP contribution < -0.4 is 5.73 Å². The van der Waals surface area contributed by atoms with Gasteiger partial charge in [-0.3, -0.25) is 4.90 Å². The zero-order valence-corrected chi connectivity index (χ0v) is 8.34. The molecular formula is C11H20N2. The van der Waals surface area contributed by atoms with E-state index in [2.05, 4.69) is 4.90 Å². The molecule has 3 rings (SSSR count). The van der Waals surface area contributed by atoms with Gasteiger partial charge in [-0.25, -0.2) is 0 Å². The second-order valence-electron chi connectivity index (χ2n) is 5.45. The third-order valence-corrected chi connectivity index (χ3v) is 3.98. The lowest BCUT2D eigenvalue weighted by Crippen LogP contribution is -2.68. The molecule has 1 heterocycles. The monoisotopic (exact) mass is 180 g/mol. The molecule has 0 aromatic heterocycles. The van der Waals surface area contributed by atoms with Crippen molar-refractivity contribution in [1.29, 1.82) is 0 Å². The number of likely N-dealkylation sites (tertiary alicyclic amines) is 1. The summed E-state index contributed by atoms with van der Waals surface area (Å²) < 4.78 is 0. The molecule has 74 valence electrons. The average molecular weight is 180 g/mol. The maximum absolute atomic E-state index is 6.28. The van der Waals surface area contributed by atoms with Gasteiger partial charge < -0.3 is 5.73 Å². The number of nitrogens with two attached hydrogens (primary N) is 1. The Morgan fingerprint density at radius 1 is 1.15 bits per heavy atom. The number of hydrogen-bond acceptors (Lipinski definition) is 2. The van der Waals surface area contributed by atoms with Gasteiger partial charge in [-0.05, 0) is 37.6 Å². The normalized spacial score (nSPS) is 33.0. The van der Waals surface area contributed by atoms with E-state index >= 15 is 0 Å². The first-order chi connectivity index (χ1) is 6.26. The Hall–Kier alpha value is -0.0800. The van der Waals surface area contributed by atoms with Gasteiger partial charge in [0.05, 0.1) is 0 Å². The number of rotatable bonds is 4. The van der Waals surface area contributed by atoms with Gasteiger partial charge in [-0.15, -0.1) is 0 Å². The van der Waals surface area contributed by atoms with Crippen molar-refractivity contribution in [2.24, 2.45) is 17.6 Å². The first-order valence-corrected chi connectivity index (χ1v) is 5.77. The highest BCUT2D eigenvalue weighted by molar-refractivity contribution is 5.08. The predicted molar refractivity (Wildman–Crippen MR) is 53.4 cm³/mol. The van der Waals surface area contributed by atoms with Crippen LogP contribution in [0.3, 0.4) is 0 Å². The SMILES string of the molecule is NC1(C2CC2)CN(CCC2CC2)C1. The van der Waals surface area contributed by atoms with Gasteiger partial charge in [-0.2, -0.15) is 0 Å². The predicted octanol–water partition coefficient (Wildman–Crippen LogP) is 1.21. The summed E-state index contributed by atoms with van der Waals surface area (Å²) in [6.07, 6.45) is 7.20. The lowest BCUT2D eigenvalue weighted by atomic mass is 9.85. The Morgan fingerprint density at radius 2 is 1.85 bits per heavy atom. The van der Waals surface area contributed by atoms with Crippen LogP contribution in [0.2, 0.25) is 0 Å². The second kappa shape index (κ2) is 2.71. The summed E-state index contributed by atoms with van der Waals surface area (Å²) in [5, 5.41) is 0. The van der Waals surface area contributed by atoms with Crippen LogP contribution in [0.25, 0.3) is 0 Å². The molecule has 1 aliphatic heterocycles. The molecule has 0 aromatic rings. The quantitative estimate of drug-likeness (QED) is 0.704. The van der Waals surface area contributed by atoms with Crippen LogP contribution in [0.4, 0.5) is 0 Å². The zero-order valence-electron chi connectivity index (χ0n) is 8.34. The highest BCUT2D eigenvalue weighted by atomic mass is 15.3. The topological polar surface area (TPSA) is 29.3 Å². The summed E-state index contributed by atoms with van der Waals surface area (Å²) >= 11 is 0. The summed E-state index contributed by atoms with van der Waals surface area (Å²) in [7, 11) is 0. The van der Waals surface area contributed by atoms with Gasteiger partial charge in [0.2, 0.25) is 0 Å². The fourth-order valence-corrected chi connectivity index (χ4v) is 2.63. The van der Waals surface area contributed by atoms with Crippen molar-refractivity contribution < 1.29 is 0 Å². The molecule has 0 spiro atoms. The molecule has 13 heavy (non-hydrogen) atoms. The third-order valence-electron chi connectivity index (χ3n) is 3.98. The molecule has 3 fully saturated rings. The van der Waals surface area contributed by atoms with Crippen molar-refractivity contribution in [3.63, 3.8) is 0 Å². The van der Waals surface area contributed by atoms with Crippen molar-refractivity contribution in [3.05, 3.63) is 0 Å². The molecule has 2 aliphatic carbocycles. The molecule has 0 aromatic carbocycles. The number of nitrogens with zero attached hydrogens (tertiary/aromatic N) is 1. The number of hydrogen-bond donors (Lipinski definition) is 1. The van der Waals surface area contributed by atoms with Crippen molar-refractivity contribution >= 4 is 0 Å². The van der Waals surface area contributed by atoms with E-state index in [-0.39, 0.29) is 5.54 Å². The van der Waals surface area contributed by atoms with Crippen LogP contribution in [0.1, 0.15) is 32.1 Å². The maximum atomic E-state index is 6.28. The molecule has 0 atom stereocenters. The van der Waals surface area contributed by atoms with E-state index in [0.29, 0.717) is 0 Å². The minimum Gasteiger partial charge on any atom is -0.323 e. The first-order valence-electron chi connectivity index (χ1n) is 5.77. The van der Waals surface area contributed by atoms with Crippen molar-refractivity contribution in [2.45, 2.75) is 37.6 Å². The Labute approximate surface area is 80.5 Å². The summed E-state index contributed by atoms with van der Waals surface area (Å²) in [6, 6.07) is 0. The van der Waals surface area contributed by atoms with Crippen LogP contribution in [-0.2, 0) is 0 Å². The molecule has 2 saturated carbocycles. The van der Waals surface area contributed by atoms with E-state index in [1.807, 2.05) is 0 Å². The van der Waals surface area contributed by atoms with Crippen LogP contribution in [0.15, 0.2) is 0 Å². The van der Waals surface area contributed by atoms with E-state index in [1.165, 1.54) is 51.7 Å². The molecular weight excluding hydrogens is 160 g/mol. The van der Waals surface area contributed by atoms with Gasteiger partial charge >= 0.3 is 0 Å². The minimum atomic E-state index is 0.240. The van der Waals surface area contributed by atoms with E-state index in [9.17, 15) is 0 Å². The van der Waals surface area contributed by atoms with Crippen LogP contribution in [0, 0.1) is 11.8 Å². The average Bonchev–Trinajstić information content (AvgIpc) is 2.82. The lowest BCUT2D eigenvalue weighted by Gasteiger charge is -2.48. The van der Waals surface area contributed by atoms with E-state index in [0.717, 1.165) is 11.8 Å². The van der Waals surface area contributed by atoms with Crippen LogP contribution in [0.5, 0.6) is 0 Å². The van der Waals surface area contributed by atoms with Gasteiger partial charge in [0.25, 0.3) is 0 Å². The Kier molecular flexibility index (Phi) is 1.72. The van der Waals surface area contributed by atoms with Crippen LogP contribution >= 0.6 is 0 Å². The van der Waals surface area contributed by atoms with Crippen molar-refractivity contribution in [2.75, 3.05) is 19.6 Å². The highest BCUT2D eigenvalue weighted by Gasteiger charge is 2.49. The van der Waals surface area contributed by atoms with E-state index in [1.54, 1.807) is 0 Å². The maximum Gasteiger partial charge on any atom is 0.0440 e. The molecule has 0 amide bonds. The fraction of sp³-hybridized carbons (Fsp3) is 1.00. The molecule has 0 radical (unpaired) electrons. The fourth-order valence-electron chi connectivity index (χ4n) is 2.63. The molecule has 2 nitrogen and oxygen atoms in total. The van der Waals surface area contributed by atoms with Crippen molar-refractivity contribution in [1.82, 2.24) is 4.90 Å². The van der Waals surface area contributed by atoms with E-state index in [4.69, 9.17) is 5.73 Å². The third kappa shape index (κ3) is 1.62. The van der Waals surface area contributed by atoms with Crippen molar-refractivity contribution in [3.8, 4) is 0 Å². The summed E-state index contributed by atoms with van der Waals surface area (Å²) in [5.41, 5.74) is 6.52. The molecule has 0 bridgehead atoms. The van der Waals surface area contributed by atoms with Gasteiger partial charge in [0.1, 0.15) is 0 Å². The van der Waals surface area contributed by atoms with Crippen LogP contribution in [-0.4, -0.2) is 30.1 Å². The minimum absolute atomic E-state index is 0.240. The Bertz CT molecular complexity index is 200. The molecule has 2 heteroatoms. The van der Waals surface area contributed by atoms with Gasteiger partial charge in [0.15, 0.2) is 0 Å². The highest BCUT2D eigenvalue weighted by Crippen LogP contribution is 2.43. The largest absolute Gasteiger partial charge is 0.323 e.